The van der Waals surface area contributed by atoms with Crippen molar-refractivity contribution in [2.24, 2.45) is 0 Å². The van der Waals surface area contributed by atoms with Gasteiger partial charge >= 0.3 is 0 Å². The van der Waals surface area contributed by atoms with Crippen LogP contribution in [0.4, 0.5) is 0 Å². The molecule has 0 unspecified atom stereocenters. The third-order valence-corrected chi connectivity index (χ3v) is 9.24. The molecule has 1 heterocycles. The zero-order valence-electron chi connectivity index (χ0n) is 25.8. The van der Waals surface area contributed by atoms with Gasteiger partial charge in [0.05, 0.1) is 0 Å². The van der Waals surface area contributed by atoms with E-state index in [9.17, 15) is 0 Å². The van der Waals surface area contributed by atoms with E-state index >= 15 is 0 Å². The summed E-state index contributed by atoms with van der Waals surface area (Å²) in [5.74, 6) is 0. The summed E-state index contributed by atoms with van der Waals surface area (Å²) >= 11 is 0. The van der Waals surface area contributed by atoms with Gasteiger partial charge in [0.2, 0.25) is 0 Å². The predicted molar refractivity (Wildman–Crippen MR) is 193 cm³/mol. The van der Waals surface area contributed by atoms with Crippen LogP contribution in [0.1, 0.15) is 16.7 Å². The highest BCUT2D eigenvalue weighted by Crippen LogP contribution is 2.46. The van der Waals surface area contributed by atoms with E-state index in [0.29, 0.717) is 0 Å². The van der Waals surface area contributed by atoms with Crippen LogP contribution in [0.5, 0.6) is 0 Å². The van der Waals surface area contributed by atoms with Crippen LogP contribution in [0.15, 0.2) is 146 Å². The molecular formula is C44H33N. The summed E-state index contributed by atoms with van der Waals surface area (Å²) in [7, 11) is 0. The fourth-order valence-electron chi connectivity index (χ4n) is 7.44. The maximum atomic E-state index is 4.32. The molecule has 214 valence electrons. The lowest BCUT2D eigenvalue weighted by Gasteiger charge is -2.20. The molecule has 0 fully saturated rings. The Morgan fingerprint density at radius 1 is 0.378 bits per heavy atom. The lowest BCUT2D eigenvalue weighted by Crippen LogP contribution is -1.94. The molecule has 8 aromatic rings. The van der Waals surface area contributed by atoms with Crippen LogP contribution in [0.25, 0.3) is 76.8 Å². The molecule has 0 atom stereocenters. The Morgan fingerprint density at radius 3 is 1.40 bits per heavy atom. The Morgan fingerprint density at radius 2 is 0.867 bits per heavy atom. The van der Waals surface area contributed by atoms with Crippen LogP contribution in [0.2, 0.25) is 0 Å². The number of rotatable bonds is 4. The third-order valence-electron chi connectivity index (χ3n) is 9.24. The van der Waals surface area contributed by atoms with Gasteiger partial charge in [0.25, 0.3) is 0 Å². The molecule has 0 aliphatic rings. The van der Waals surface area contributed by atoms with Crippen LogP contribution in [0, 0.1) is 20.8 Å². The molecule has 0 aliphatic carbocycles. The highest BCUT2D eigenvalue weighted by molar-refractivity contribution is 6.24. The highest BCUT2D eigenvalue weighted by atomic mass is 14.6. The van der Waals surface area contributed by atoms with Crippen LogP contribution in [0.3, 0.4) is 0 Å². The first kappa shape index (κ1) is 27.0. The first-order valence-corrected chi connectivity index (χ1v) is 15.6. The van der Waals surface area contributed by atoms with Gasteiger partial charge in [0.1, 0.15) is 0 Å². The van der Waals surface area contributed by atoms with E-state index in [4.69, 9.17) is 0 Å². The second kappa shape index (κ2) is 10.9. The third kappa shape index (κ3) is 4.51. The van der Waals surface area contributed by atoms with Crippen LogP contribution in [-0.2, 0) is 0 Å². The monoisotopic (exact) mass is 575 g/mol. The smallest absolute Gasteiger partial charge is 0.0346 e. The number of fused-ring (bicyclic) bond motifs is 3. The normalized spacial score (nSPS) is 11.4. The molecule has 1 nitrogen and oxygen atoms in total. The Bertz CT molecular complexity index is 2300. The molecule has 1 heteroatoms. The molecule has 0 saturated carbocycles. The standard InChI is InChI=1S/C44H33N/c1-28-25-29(2)42(30(3)26-28)36-18-8-17-35-34(36)16-9-19-37(35)44-40-14-6-4-12-38(40)43(39-13-5-7-15-41(39)44)32-22-20-31(21-23-32)33-11-10-24-45-27-33/h4-27H,1-3H3. The van der Waals surface area contributed by atoms with Crippen LogP contribution < -0.4 is 0 Å². The van der Waals surface area contributed by atoms with Crippen molar-refractivity contribution >= 4 is 32.3 Å². The number of pyridine rings is 1. The number of aromatic nitrogens is 1. The number of nitrogens with zero attached hydrogens (tertiary/aromatic N) is 1. The van der Waals surface area contributed by atoms with Gasteiger partial charge < -0.3 is 0 Å². The zero-order valence-corrected chi connectivity index (χ0v) is 25.8. The number of hydrogen-bond acceptors (Lipinski definition) is 1. The fraction of sp³-hybridized carbons (Fsp3) is 0.0682. The summed E-state index contributed by atoms with van der Waals surface area (Å²) < 4.78 is 0. The van der Waals surface area contributed by atoms with E-state index < -0.39 is 0 Å². The first-order valence-electron chi connectivity index (χ1n) is 15.6. The minimum atomic E-state index is 1.13. The van der Waals surface area contributed by atoms with Crippen molar-refractivity contribution in [2.75, 3.05) is 0 Å². The fourth-order valence-corrected chi connectivity index (χ4v) is 7.44. The maximum Gasteiger partial charge on any atom is 0.0346 e. The molecule has 7 aromatic carbocycles. The van der Waals surface area contributed by atoms with Gasteiger partial charge in [-0.2, -0.15) is 0 Å². The van der Waals surface area contributed by atoms with Gasteiger partial charge in [-0.15, -0.1) is 0 Å². The van der Waals surface area contributed by atoms with Gasteiger partial charge in [-0.05, 0) is 115 Å². The maximum absolute atomic E-state index is 4.32. The quantitative estimate of drug-likeness (QED) is 0.190. The van der Waals surface area contributed by atoms with Gasteiger partial charge in [-0.1, -0.05) is 133 Å². The van der Waals surface area contributed by atoms with Gasteiger partial charge in [-0.3, -0.25) is 4.98 Å². The van der Waals surface area contributed by atoms with Gasteiger partial charge in [0, 0.05) is 12.4 Å². The molecule has 0 amide bonds. The molecule has 0 spiro atoms. The summed E-state index contributed by atoms with van der Waals surface area (Å²) in [4.78, 5) is 4.32. The van der Waals surface area contributed by atoms with Crippen molar-refractivity contribution in [3.05, 3.63) is 163 Å². The average molecular weight is 576 g/mol. The lowest BCUT2D eigenvalue weighted by atomic mass is 9.83. The molecular weight excluding hydrogens is 542 g/mol. The van der Waals surface area contributed by atoms with Crippen LogP contribution >= 0.6 is 0 Å². The van der Waals surface area contributed by atoms with E-state index in [1.165, 1.54) is 88.0 Å². The number of hydrogen-bond donors (Lipinski definition) is 0. The summed E-state index contributed by atoms with van der Waals surface area (Å²) in [6.07, 6.45) is 3.74. The van der Waals surface area contributed by atoms with Gasteiger partial charge in [-0.25, -0.2) is 0 Å². The Kier molecular flexibility index (Phi) is 6.54. The van der Waals surface area contributed by atoms with E-state index in [1.54, 1.807) is 0 Å². The SMILES string of the molecule is Cc1cc(C)c(-c2cccc3c(-c4c5ccccc5c(-c5ccc(-c6cccnc6)cc5)c5ccccc45)cccc23)c(C)c1. The first-order chi connectivity index (χ1) is 22.1. The largest absolute Gasteiger partial charge is 0.264 e. The predicted octanol–water partition coefficient (Wildman–Crippen LogP) is 12.1. The second-order valence-electron chi connectivity index (χ2n) is 12.1. The van der Waals surface area contributed by atoms with E-state index in [2.05, 4.69) is 153 Å². The number of benzene rings is 7. The number of aryl methyl sites for hydroxylation is 3. The van der Waals surface area contributed by atoms with Crippen molar-refractivity contribution < 1.29 is 0 Å². The minimum Gasteiger partial charge on any atom is -0.264 e. The molecule has 0 bridgehead atoms. The lowest BCUT2D eigenvalue weighted by molar-refractivity contribution is 1.32. The average Bonchev–Trinajstić information content (AvgIpc) is 3.07. The summed E-state index contributed by atoms with van der Waals surface area (Å²) in [5, 5.41) is 7.62. The van der Waals surface area contributed by atoms with Crippen molar-refractivity contribution in [3.63, 3.8) is 0 Å². The topological polar surface area (TPSA) is 12.9 Å². The van der Waals surface area contributed by atoms with Gasteiger partial charge in [0.15, 0.2) is 0 Å². The zero-order chi connectivity index (χ0) is 30.5. The highest BCUT2D eigenvalue weighted by Gasteiger charge is 2.19. The molecule has 8 rings (SSSR count). The molecule has 0 N–H and O–H groups in total. The van der Waals surface area contributed by atoms with E-state index in [-0.39, 0.29) is 0 Å². The molecule has 45 heavy (non-hydrogen) atoms. The minimum absolute atomic E-state index is 1.13. The summed E-state index contributed by atoms with van der Waals surface area (Å²) in [5.41, 5.74) is 13.9. The summed E-state index contributed by atoms with van der Waals surface area (Å²) in [6, 6.07) is 49.1. The molecule has 0 radical (unpaired) electrons. The van der Waals surface area contributed by atoms with Crippen LogP contribution in [-0.4, -0.2) is 4.98 Å². The Hall–Kier alpha value is -5.53. The van der Waals surface area contributed by atoms with E-state index in [0.717, 1.165) is 5.56 Å². The Labute approximate surface area is 264 Å². The second-order valence-corrected chi connectivity index (χ2v) is 12.1. The van der Waals surface area contributed by atoms with Crippen molar-refractivity contribution in [1.29, 1.82) is 0 Å². The Balaban J connectivity index is 1.40. The molecule has 0 saturated heterocycles. The molecule has 1 aromatic heterocycles. The van der Waals surface area contributed by atoms with Crippen molar-refractivity contribution in [1.82, 2.24) is 4.98 Å². The van der Waals surface area contributed by atoms with E-state index in [1.807, 2.05) is 18.5 Å². The van der Waals surface area contributed by atoms with Crippen molar-refractivity contribution in [3.8, 4) is 44.5 Å². The summed E-state index contributed by atoms with van der Waals surface area (Å²) in [6.45, 7) is 6.65. The molecule has 0 aliphatic heterocycles. The van der Waals surface area contributed by atoms with Crippen molar-refractivity contribution in [2.45, 2.75) is 20.8 Å².